The van der Waals surface area contributed by atoms with E-state index in [0.29, 0.717) is 23.7 Å². The molecule has 2 N–H and O–H groups in total. The van der Waals surface area contributed by atoms with Crippen LogP contribution >= 0.6 is 0 Å². The Kier molecular flexibility index (Phi) is 25.4. The van der Waals surface area contributed by atoms with Gasteiger partial charge in [0.1, 0.15) is 0 Å². The molecule has 0 aromatic rings. The Morgan fingerprint density at radius 3 is 1.18 bits per heavy atom. The van der Waals surface area contributed by atoms with Crippen LogP contribution in [0.1, 0.15) is 158 Å². The largest absolute Gasteiger partial charge is 0.393 e. The summed E-state index contributed by atoms with van der Waals surface area (Å²) in [4.78, 5) is 0. The second-order valence-electron chi connectivity index (χ2n) is 13.1. The van der Waals surface area contributed by atoms with Crippen LogP contribution in [-0.4, -0.2) is 48.2 Å². The predicted molar refractivity (Wildman–Crippen MR) is 166 cm³/mol. The van der Waals surface area contributed by atoms with E-state index >= 15 is 0 Å². The zero-order chi connectivity index (χ0) is 29.5. The van der Waals surface area contributed by atoms with Gasteiger partial charge in [0.15, 0.2) is 12.6 Å². The Bertz CT molecular complexity index is 468. The van der Waals surface area contributed by atoms with Crippen LogP contribution in [0.2, 0.25) is 0 Å². The van der Waals surface area contributed by atoms with Crippen molar-refractivity contribution in [2.45, 2.75) is 183 Å². The highest BCUT2D eigenvalue weighted by molar-refractivity contribution is 4.65. The molecular weight excluding hydrogens is 488 g/mol. The van der Waals surface area contributed by atoms with Crippen molar-refractivity contribution in [1.29, 1.82) is 0 Å². The number of ether oxygens (including phenoxy) is 3. The first-order valence-corrected chi connectivity index (χ1v) is 16.8. The summed E-state index contributed by atoms with van der Waals surface area (Å²) in [5.41, 5.74) is 0. The molecule has 0 heterocycles. The van der Waals surface area contributed by atoms with Gasteiger partial charge in [0.05, 0.1) is 12.2 Å². The Balaban J connectivity index is 4.89. The van der Waals surface area contributed by atoms with E-state index in [4.69, 9.17) is 14.2 Å². The minimum atomic E-state index is -0.216. The number of aliphatic hydroxyl groups is 2. The molecule has 0 rings (SSSR count). The molecule has 8 unspecified atom stereocenters. The summed E-state index contributed by atoms with van der Waals surface area (Å²) in [5.74, 6) is 2.38. The quantitative estimate of drug-likeness (QED) is 0.0740. The summed E-state index contributed by atoms with van der Waals surface area (Å²) in [6, 6.07) is 0. The van der Waals surface area contributed by atoms with Crippen molar-refractivity contribution in [3.63, 3.8) is 0 Å². The van der Waals surface area contributed by atoms with Gasteiger partial charge in [-0.25, -0.2) is 0 Å². The van der Waals surface area contributed by atoms with Crippen molar-refractivity contribution in [3.8, 4) is 0 Å². The molecule has 0 bridgehead atoms. The van der Waals surface area contributed by atoms with Gasteiger partial charge in [0.25, 0.3) is 0 Å². The van der Waals surface area contributed by atoms with Gasteiger partial charge < -0.3 is 24.4 Å². The molecule has 0 aliphatic carbocycles. The Hall–Kier alpha value is -0.200. The maximum Gasteiger partial charge on any atom is 0.160 e. The van der Waals surface area contributed by atoms with Gasteiger partial charge in [-0.1, -0.05) is 80.1 Å². The molecule has 5 nitrogen and oxygen atoms in total. The van der Waals surface area contributed by atoms with Crippen LogP contribution < -0.4 is 0 Å². The molecule has 0 spiro atoms. The Labute approximate surface area is 244 Å². The molecule has 0 fully saturated rings. The van der Waals surface area contributed by atoms with Crippen LogP contribution in [0.3, 0.4) is 0 Å². The van der Waals surface area contributed by atoms with Crippen molar-refractivity contribution in [3.05, 3.63) is 0 Å². The summed E-state index contributed by atoms with van der Waals surface area (Å²) in [6.45, 7) is 18.9. The average molecular weight is 559 g/mol. The van der Waals surface area contributed by atoms with Crippen LogP contribution in [0.5, 0.6) is 0 Å². The van der Waals surface area contributed by atoms with Crippen molar-refractivity contribution in [2.75, 3.05) is 13.2 Å². The molecule has 0 aliphatic heterocycles. The smallest absolute Gasteiger partial charge is 0.160 e. The molecule has 0 radical (unpaired) electrons. The molecular formula is C34H70O5. The summed E-state index contributed by atoms with van der Waals surface area (Å²) in [5, 5.41) is 19.4. The van der Waals surface area contributed by atoms with E-state index in [0.717, 1.165) is 90.3 Å². The molecule has 0 aliphatic rings. The maximum absolute atomic E-state index is 9.69. The van der Waals surface area contributed by atoms with Crippen LogP contribution in [0.4, 0.5) is 0 Å². The van der Waals surface area contributed by atoms with Crippen molar-refractivity contribution in [2.24, 2.45) is 23.7 Å². The number of hydrogen-bond donors (Lipinski definition) is 2. The highest BCUT2D eigenvalue weighted by atomic mass is 16.8. The standard InChI is InChI=1S/C34H70O5/c1-9-11-13-21-37-33(19-15-17-27(3)23-29(5)25-31(7)35)39-34(38-22-14-12-10-2)20-16-18-28(4)24-30(6)26-32(8)36/h27-36H,9-26H2,1-8H3. The molecule has 8 atom stereocenters. The zero-order valence-corrected chi connectivity index (χ0v) is 27.5. The minimum Gasteiger partial charge on any atom is -0.393 e. The fourth-order valence-electron chi connectivity index (χ4n) is 5.92. The molecule has 236 valence electrons. The van der Waals surface area contributed by atoms with E-state index in [1.807, 2.05) is 13.8 Å². The third-order valence-electron chi connectivity index (χ3n) is 7.78. The lowest BCUT2D eigenvalue weighted by atomic mass is 9.90. The topological polar surface area (TPSA) is 68.2 Å². The monoisotopic (exact) mass is 559 g/mol. The van der Waals surface area contributed by atoms with Crippen LogP contribution in [0.25, 0.3) is 0 Å². The minimum absolute atomic E-state index is 0.205. The first kappa shape index (κ1) is 38.8. The predicted octanol–water partition coefficient (Wildman–Crippen LogP) is 9.28. The van der Waals surface area contributed by atoms with Crippen LogP contribution in [0.15, 0.2) is 0 Å². The third-order valence-corrected chi connectivity index (χ3v) is 7.78. The number of unbranched alkanes of at least 4 members (excludes halogenated alkanes) is 4. The van der Waals surface area contributed by atoms with E-state index in [1.165, 1.54) is 25.7 Å². The van der Waals surface area contributed by atoms with E-state index in [1.54, 1.807) is 0 Å². The van der Waals surface area contributed by atoms with E-state index < -0.39 is 0 Å². The second kappa shape index (κ2) is 25.5. The molecule has 0 saturated heterocycles. The third kappa shape index (κ3) is 25.3. The molecule has 0 amide bonds. The fraction of sp³-hybridized carbons (Fsp3) is 1.00. The lowest BCUT2D eigenvalue weighted by Gasteiger charge is -2.27. The number of rotatable bonds is 28. The zero-order valence-electron chi connectivity index (χ0n) is 27.5. The molecule has 39 heavy (non-hydrogen) atoms. The highest BCUT2D eigenvalue weighted by Crippen LogP contribution is 2.25. The SMILES string of the molecule is CCCCCOC(CCCC(C)CC(C)CC(C)O)OC(CCCC(C)CC(C)CC(C)O)OCCCCC. The average Bonchev–Trinajstić information content (AvgIpc) is 2.82. The lowest BCUT2D eigenvalue weighted by Crippen LogP contribution is -2.28. The van der Waals surface area contributed by atoms with Crippen molar-refractivity contribution >= 4 is 0 Å². The van der Waals surface area contributed by atoms with Crippen molar-refractivity contribution in [1.82, 2.24) is 0 Å². The Morgan fingerprint density at radius 2 is 0.846 bits per heavy atom. The molecule has 0 aromatic heterocycles. The van der Waals surface area contributed by atoms with Gasteiger partial charge in [-0.05, 0) is 102 Å². The van der Waals surface area contributed by atoms with E-state index in [2.05, 4.69) is 41.5 Å². The number of hydrogen-bond acceptors (Lipinski definition) is 5. The van der Waals surface area contributed by atoms with Crippen molar-refractivity contribution < 1.29 is 24.4 Å². The van der Waals surface area contributed by atoms with Gasteiger partial charge in [0, 0.05) is 13.2 Å². The number of aliphatic hydroxyl groups excluding tert-OH is 2. The summed E-state index contributed by atoms with van der Waals surface area (Å²) >= 11 is 0. The van der Waals surface area contributed by atoms with Gasteiger partial charge in [0.2, 0.25) is 0 Å². The Morgan fingerprint density at radius 1 is 0.462 bits per heavy atom. The van der Waals surface area contributed by atoms with E-state index in [9.17, 15) is 10.2 Å². The normalized spacial score (nSPS) is 18.3. The maximum atomic E-state index is 9.69. The highest BCUT2D eigenvalue weighted by Gasteiger charge is 2.20. The summed E-state index contributed by atoms with van der Waals surface area (Å²) < 4.78 is 19.1. The second-order valence-corrected chi connectivity index (χ2v) is 13.1. The van der Waals surface area contributed by atoms with Gasteiger partial charge in [-0.2, -0.15) is 0 Å². The molecule has 0 saturated carbocycles. The van der Waals surface area contributed by atoms with Gasteiger partial charge in [-0.3, -0.25) is 0 Å². The summed E-state index contributed by atoms with van der Waals surface area (Å²) in [6.07, 6.45) is 16.4. The van der Waals surface area contributed by atoms with Gasteiger partial charge in [-0.15, -0.1) is 0 Å². The molecule has 5 heteroatoms. The van der Waals surface area contributed by atoms with Crippen LogP contribution in [0, 0.1) is 23.7 Å². The first-order valence-electron chi connectivity index (χ1n) is 16.8. The summed E-state index contributed by atoms with van der Waals surface area (Å²) in [7, 11) is 0. The van der Waals surface area contributed by atoms with Crippen LogP contribution in [-0.2, 0) is 14.2 Å². The fourth-order valence-corrected chi connectivity index (χ4v) is 5.92. The first-order chi connectivity index (χ1) is 18.6. The lowest BCUT2D eigenvalue weighted by molar-refractivity contribution is -0.250. The van der Waals surface area contributed by atoms with Gasteiger partial charge >= 0.3 is 0 Å². The molecule has 0 aromatic carbocycles. The van der Waals surface area contributed by atoms with E-state index in [-0.39, 0.29) is 24.8 Å².